The molecule has 0 aromatic carbocycles. The number of fused-ring (bicyclic) bond motifs is 2. The van der Waals surface area contributed by atoms with E-state index in [0.29, 0.717) is 31.3 Å². The Morgan fingerprint density at radius 3 is 2.91 bits per heavy atom. The number of likely N-dealkylation sites (tertiary alicyclic amines) is 1. The van der Waals surface area contributed by atoms with Crippen molar-refractivity contribution in [2.45, 2.75) is 18.6 Å². The highest BCUT2D eigenvalue weighted by Crippen LogP contribution is 2.29. The predicted molar refractivity (Wildman–Crippen MR) is 120 cm³/mol. The first-order valence-electron chi connectivity index (χ1n) is 10.7. The number of anilines is 2. The number of nitrogens with one attached hydrogen (secondary N) is 2. The molecule has 1 aliphatic heterocycles. The zero-order chi connectivity index (χ0) is 22.1. The van der Waals surface area contributed by atoms with Crippen LogP contribution in [-0.4, -0.2) is 86.7 Å². The number of imidazole rings is 1. The van der Waals surface area contributed by atoms with Crippen molar-refractivity contribution in [1.29, 1.82) is 0 Å². The fourth-order valence-corrected chi connectivity index (χ4v) is 4.15. The number of ether oxygens (including phenoxy) is 1. The standard InChI is InChI=1S/C21H26FN9O/c1-23-20-19-14(16-3-4-18-24-7-10-30(18)27-16)5-9-31(19)28-21(26-20)25-17-6-8-29(11-12-32-2)13-15(17)22/h3-5,7,9-10,15,17H,6,8,11-13H2,1-2H3,(H2,23,25,26,28)/t15-,17-/m1/s1. The van der Waals surface area contributed by atoms with Crippen molar-refractivity contribution in [3.8, 4) is 11.3 Å². The van der Waals surface area contributed by atoms with Gasteiger partial charge in [0, 0.05) is 57.9 Å². The molecule has 5 heterocycles. The molecule has 11 heteroatoms. The number of piperidine rings is 1. The van der Waals surface area contributed by atoms with Crippen LogP contribution in [0.2, 0.25) is 0 Å². The molecule has 2 N–H and O–H groups in total. The molecular weight excluding hydrogens is 413 g/mol. The van der Waals surface area contributed by atoms with E-state index in [-0.39, 0.29) is 6.04 Å². The average Bonchev–Trinajstić information content (AvgIpc) is 3.45. The number of rotatable bonds is 7. The van der Waals surface area contributed by atoms with Gasteiger partial charge in [-0.2, -0.15) is 10.1 Å². The van der Waals surface area contributed by atoms with Crippen LogP contribution in [-0.2, 0) is 4.74 Å². The first kappa shape index (κ1) is 20.6. The number of hydrogen-bond donors (Lipinski definition) is 2. The minimum atomic E-state index is -1.01. The lowest BCUT2D eigenvalue weighted by Crippen LogP contribution is -2.48. The van der Waals surface area contributed by atoms with Crippen molar-refractivity contribution in [2.75, 3.05) is 51.0 Å². The van der Waals surface area contributed by atoms with Gasteiger partial charge < -0.3 is 15.4 Å². The van der Waals surface area contributed by atoms with Crippen molar-refractivity contribution < 1.29 is 9.13 Å². The molecule has 168 valence electrons. The third-order valence-electron chi connectivity index (χ3n) is 5.83. The topological polar surface area (TPSA) is 96.9 Å². The lowest BCUT2D eigenvalue weighted by Gasteiger charge is -2.34. The summed E-state index contributed by atoms with van der Waals surface area (Å²) in [5.41, 5.74) is 3.26. The van der Waals surface area contributed by atoms with Gasteiger partial charge in [0.15, 0.2) is 11.5 Å². The second-order valence-corrected chi connectivity index (χ2v) is 7.85. The second-order valence-electron chi connectivity index (χ2n) is 7.85. The van der Waals surface area contributed by atoms with E-state index in [2.05, 4.69) is 35.7 Å². The van der Waals surface area contributed by atoms with E-state index in [1.54, 1.807) is 22.3 Å². The second kappa shape index (κ2) is 8.67. The molecule has 0 unspecified atom stereocenters. The molecule has 0 bridgehead atoms. The van der Waals surface area contributed by atoms with Crippen molar-refractivity contribution >= 4 is 22.9 Å². The highest BCUT2D eigenvalue weighted by atomic mass is 19.1. The predicted octanol–water partition coefficient (Wildman–Crippen LogP) is 1.95. The van der Waals surface area contributed by atoms with Gasteiger partial charge in [0.2, 0.25) is 5.95 Å². The Labute approximate surface area is 184 Å². The summed E-state index contributed by atoms with van der Waals surface area (Å²) in [4.78, 5) is 10.9. The summed E-state index contributed by atoms with van der Waals surface area (Å²) in [7, 11) is 3.47. The van der Waals surface area contributed by atoms with Crippen LogP contribution >= 0.6 is 0 Å². The molecule has 32 heavy (non-hydrogen) atoms. The molecule has 4 aromatic heterocycles. The van der Waals surface area contributed by atoms with Crippen LogP contribution in [0.4, 0.5) is 16.2 Å². The fraction of sp³-hybridized carbons (Fsp3) is 0.429. The molecule has 1 saturated heterocycles. The van der Waals surface area contributed by atoms with E-state index in [9.17, 15) is 4.39 Å². The van der Waals surface area contributed by atoms with Crippen molar-refractivity contribution in [1.82, 2.24) is 34.1 Å². The number of halogens is 1. The van der Waals surface area contributed by atoms with Crippen molar-refractivity contribution in [3.05, 3.63) is 36.8 Å². The van der Waals surface area contributed by atoms with E-state index in [0.717, 1.165) is 35.5 Å². The van der Waals surface area contributed by atoms with Gasteiger partial charge in [-0.3, -0.25) is 4.90 Å². The van der Waals surface area contributed by atoms with E-state index < -0.39 is 6.17 Å². The van der Waals surface area contributed by atoms with Crippen LogP contribution in [0.25, 0.3) is 22.4 Å². The number of aromatic nitrogens is 6. The van der Waals surface area contributed by atoms with Gasteiger partial charge in [0.25, 0.3) is 0 Å². The maximum atomic E-state index is 14.8. The number of alkyl halides is 1. The third-order valence-corrected chi connectivity index (χ3v) is 5.83. The molecular formula is C21H26FN9O. The molecule has 0 saturated carbocycles. The smallest absolute Gasteiger partial charge is 0.243 e. The Morgan fingerprint density at radius 2 is 2.09 bits per heavy atom. The zero-order valence-corrected chi connectivity index (χ0v) is 18.1. The van der Waals surface area contributed by atoms with Crippen LogP contribution < -0.4 is 10.6 Å². The van der Waals surface area contributed by atoms with Gasteiger partial charge in [-0.25, -0.2) is 18.4 Å². The average molecular weight is 439 g/mol. The van der Waals surface area contributed by atoms with Crippen LogP contribution in [0.5, 0.6) is 0 Å². The lowest BCUT2D eigenvalue weighted by atomic mass is 10.0. The Hall–Kier alpha value is -3.31. The zero-order valence-electron chi connectivity index (χ0n) is 18.1. The van der Waals surface area contributed by atoms with E-state index in [1.165, 1.54) is 0 Å². The first-order valence-corrected chi connectivity index (χ1v) is 10.7. The minimum Gasteiger partial charge on any atom is -0.383 e. The lowest BCUT2D eigenvalue weighted by molar-refractivity contribution is 0.0918. The maximum absolute atomic E-state index is 14.8. The molecule has 2 atom stereocenters. The summed E-state index contributed by atoms with van der Waals surface area (Å²) < 4.78 is 23.4. The number of methoxy groups -OCH3 is 1. The SMILES string of the molecule is CNc1nc(N[C@@H]2CCN(CCOC)C[C@H]2F)nn2ccc(-c3ccc4nccn4n3)c12. The molecule has 0 radical (unpaired) electrons. The summed E-state index contributed by atoms with van der Waals surface area (Å²) in [5.74, 6) is 1.03. The summed E-state index contributed by atoms with van der Waals surface area (Å²) in [5, 5.41) is 15.6. The quantitative estimate of drug-likeness (QED) is 0.451. The van der Waals surface area contributed by atoms with E-state index in [1.807, 2.05) is 37.6 Å². The van der Waals surface area contributed by atoms with Gasteiger partial charge in [0.1, 0.15) is 11.7 Å². The van der Waals surface area contributed by atoms with Gasteiger partial charge in [-0.15, -0.1) is 5.10 Å². The van der Waals surface area contributed by atoms with E-state index >= 15 is 0 Å². The molecule has 1 fully saturated rings. The summed E-state index contributed by atoms with van der Waals surface area (Å²) in [6.45, 7) is 2.52. The van der Waals surface area contributed by atoms with Gasteiger partial charge in [-0.1, -0.05) is 0 Å². The Bertz CT molecular complexity index is 1220. The number of nitrogens with zero attached hydrogens (tertiary/aromatic N) is 7. The maximum Gasteiger partial charge on any atom is 0.243 e. The highest BCUT2D eigenvalue weighted by molar-refractivity contribution is 5.87. The minimum absolute atomic E-state index is 0.337. The monoisotopic (exact) mass is 439 g/mol. The number of hydrogen-bond acceptors (Lipinski definition) is 8. The van der Waals surface area contributed by atoms with Crippen molar-refractivity contribution in [3.63, 3.8) is 0 Å². The Kier molecular flexibility index (Phi) is 5.58. The largest absolute Gasteiger partial charge is 0.383 e. The fourth-order valence-electron chi connectivity index (χ4n) is 4.15. The summed E-state index contributed by atoms with van der Waals surface area (Å²) in [6.07, 6.45) is 5.04. The molecule has 1 aliphatic rings. The molecule has 0 amide bonds. The van der Waals surface area contributed by atoms with Gasteiger partial charge in [-0.05, 0) is 24.6 Å². The van der Waals surface area contributed by atoms with Gasteiger partial charge in [0.05, 0.1) is 18.3 Å². The van der Waals surface area contributed by atoms with Crippen LogP contribution in [0.15, 0.2) is 36.8 Å². The normalized spacial score (nSPS) is 19.6. The summed E-state index contributed by atoms with van der Waals surface area (Å²) in [6, 6.07) is 5.46. The summed E-state index contributed by atoms with van der Waals surface area (Å²) >= 11 is 0. The molecule has 10 nitrogen and oxygen atoms in total. The highest BCUT2D eigenvalue weighted by Gasteiger charge is 2.30. The Morgan fingerprint density at radius 1 is 1.19 bits per heavy atom. The Balaban J connectivity index is 1.40. The third kappa shape index (κ3) is 3.84. The van der Waals surface area contributed by atoms with Crippen LogP contribution in [0.1, 0.15) is 6.42 Å². The molecule has 0 spiro atoms. The molecule has 0 aliphatic carbocycles. The van der Waals surface area contributed by atoms with Crippen LogP contribution in [0, 0.1) is 0 Å². The first-order chi connectivity index (χ1) is 15.7. The molecule has 4 aromatic rings. The van der Waals surface area contributed by atoms with Crippen molar-refractivity contribution in [2.24, 2.45) is 0 Å². The molecule has 5 rings (SSSR count). The van der Waals surface area contributed by atoms with E-state index in [4.69, 9.17) is 4.74 Å². The van der Waals surface area contributed by atoms with Crippen LogP contribution in [0.3, 0.4) is 0 Å². The van der Waals surface area contributed by atoms with Gasteiger partial charge >= 0.3 is 0 Å².